The lowest BCUT2D eigenvalue weighted by Crippen LogP contribution is -2.46. The molecule has 1 saturated heterocycles. The van der Waals surface area contributed by atoms with Gasteiger partial charge in [-0.2, -0.15) is 0 Å². The van der Waals surface area contributed by atoms with Crippen LogP contribution in [0.15, 0.2) is 0 Å². The molecule has 0 atom stereocenters. The van der Waals surface area contributed by atoms with Crippen molar-refractivity contribution in [3.63, 3.8) is 0 Å². The summed E-state index contributed by atoms with van der Waals surface area (Å²) < 4.78 is 5.13. The van der Waals surface area contributed by atoms with Crippen LogP contribution in [0.5, 0.6) is 0 Å². The number of nitrogens with one attached hydrogen (secondary N) is 1. The quantitative estimate of drug-likeness (QED) is 0.557. The van der Waals surface area contributed by atoms with E-state index in [1.54, 1.807) is 0 Å². The maximum Gasteiger partial charge on any atom is 0.243 e. The maximum absolute atomic E-state index is 11.5. The fraction of sp³-hybridized carbons (Fsp3) is 0.600. The Labute approximate surface area is 99.3 Å². The number of nitrogens with two attached hydrogens (primary N) is 1. The Kier molecular flexibility index (Phi) is 5.05. The second kappa shape index (κ2) is 6.31. The number of primary amides is 1. The average Bonchev–Trinajstić information content (AvgIpc) is 2.28. The van der Waals surface area contributed by atoms with Crippen LogP contribution in [0.3, 0.4) is 0 Å². The number of rotatable bonds is 4. The third-order valence-corrected chi connectivity index (χ3v) is 2.43. The monoisotopic (exact) mass is 242 g/mol. The van der Waals surface area contributed by atoms with E-state index in [9.17, 15) is 14.4 Å². The Balaban J connectivity index is 2.33. The molecule has 1 aliphatic heterocycles. The third kappa shape index (κ3) is 4.49. The highest BCUT2D eigenvalue weighted by Crippen LogP contribution is 1.98. The van der Waals surface area contributed by atoms with Gasteiger partial charge < -0.3 is 10.5 Å². The van der Waals surface area contributed by atoms with E-state index in [-0.39, 0.29) is 12.5 Å². The van der Waals surface area contributed by atoms with Gasteiger partial charge in [-0.1, -0.05) is 0 Å². The van der Waals surface area contributed by atoms with Crippen molar-refractivity contribution in [2.24, 2.45) is 5.73 Å². The van der Waals surface area contributed by atoms with Crippen molar-refractivity contribution in [3.8, 4) is 0 Å². The number of carbonyl (C=O) groups excluding carboxylic acids is 3. The molecule has 0 saturated carbocycles. The summed E-state index contributed by atoms with van der Waals surface area (Å²) in [6.07, 6.45) is 0. The fourth-order valence-electron chi connectivity index (χ4n) is 1.33. The number of morpholine rings is 1. The van der Waals surface area contributed by atoms with Gasteiger partial charge in [0.05, 0.1) is 19.8 Å². The zero-order valence-corrected chi connectivity index (χ0v) is 9.69. The van der Waals surface area contributed by atoms with E-state index in [4.69, 9.17) is 10.5 Å². The van der Waals surface area contributed by atoms with E-state index >= 15 is 0 Å². The Morgan fingerprint density at radius 3 is 2.41 bits per heavy atom. The zero-order chi connectivity index (χ0) is 12.8. The number of ether oxygens (including phenoxy) is 1. The van der Waals surface area contributed by atoms with Gasteiger partial charge in [-0.05, 0) is 6.92 Å². The first kappa shape index (κ1) is 13.6. The highest BCUT2D eigenvalue weighted by atomic mass is 16.5. The minimum atomic E-state index is -0.832. The highest BCUT2D eigenvalue weighted by Gasteiger charge is 2.23. The zero-order valence-electron chi connectivity index (χ0n) is 9.69. The molecule has 7 heteroatoms. The highest BCUT2D eigenvalue weighted by molar-refractivity contribution is 6.17. The van der Waals surface area contributed by atoms with Crippen molar-refractivity contribution in [1.29, 1.82) is 0 Å². The number of amides is 3. The molecule has 3 N–H and O–H groups in total. The van der Waals surface area contributed by atoms with E-state index in [2.05, 4.69) is 5.32 Å². The summed E-state index contributed by atoms with van der Waals surface area (Å²) >= 11 is 0. The Morgan fingerprint density at radius 2 is 1.88 bits per heavy atom. The van der Waals surface area contributed by atoms with Gasteiger partial charge in [0.15, 0.2) is 0 Å². The van der Waals surface area contributed by atoms with Crippen molar-refractivity contribution >= 4 is 17.7 Å². The van der Waals surface area contributed by atoms with Gasteiger partial charge in [-0.25, -0.2) is 0 Å². The van der Waals surface area contributed by atoms with E-state index < -0.39 is 17.7 Å². The van der Waals surface area contributed by atoms with Crippen molar-refractivity contribution in [3.05, 3.63) is 5.92 Å². The van der Waals surface area contributed by atoms with Gasteiger partial charge >= 0.3 is 0 Å². The van der Waals surface area contributed by atoms with Crippen LogP contribution < -0.4 is 11.1 Å². The normalized spacial score (nSPS) is 16.8. The lowest BCUT2D eigenvalue weighted by Gasteiger charge is -2.25. The van der Waals surface area contributed by atoms with Crippen LogP contribution in [0.1, 0.15) is 6.92 Å². The summed E-state index contributed by atoms with van der Waals surface area (Å²) in [5.74, 6) is -2.20. The first-order valence-electron chi connectivity index (χ1n) is 5.28. The van der Waals surface area contributed by atoms with Crippen molar-refractivity contribution in [1.82, 2.24) is 10.2 Å². The number of hydrogen-bond acceptors (Lipinski definition) is 5. The minimum Gasteiger partial charge on any atom is -0.379 e. The molecule has 1 fully saturated rings. The topological polar surface area (TPSA) is 102 Å². The lowest BCUT2D eigenvalue weighted by atomic mass is 10.1. The second-order valence-corrected chi connectivity index (χ2v) is 3.76. The molecule has 0 bridgehead atoms. The van der Waals surface area contributed by atoms with E-state index in [1.807, 2.05) is 4.90 Å². The van der Waals surface area contributed by atoms with Crippen LogP contribution in [0, 0.1) is 5.92 Å². The molecule has 0 aromatic carbocycles. The number of imide groups is 1. The van der Waals surface area contributed by atoms with Crippen LogP contribution in [-0.2, 0) is 19.1 Å². The predicted molar refractivity (Wildman–Crippen MR) is 58.5 cm³/mol. The molecule has 17 heavy (non-hydrogen) atoms. The summed E-state index contributed by atoms with van der Waals surface area (Å²) in [7, 11) is 0. The molecule has 0 unspecified atom stereocenters. The Morgan fingerprint density at radius 1 is 1.29 bits per heavy atom. The van der Waals surface area contributed by atoms with Crippen LogP contribution in [0.2, 0.25) is 0 Å². The lowest BCUT2D eigenvalue weighted by molar-refractivity contribution is -0.131. The average molecular weight is 242 g/mol. The smallest absolute Gasteiger partial charge is 0.243 e. The van der Waals surface area contributed by atoms with Gasteiger partial charge in [0, 0.05) is 13.1 Å². The molecule has 1 heterocycles. The molecule has 7 nitrogen and oxygen atoms in total. The molecule has 0 aliphatic carbocycles. The SMILES string of the molecule is C[C](C(N)=O)C(=O)NC(=O)CN1CCOCC1. The fourth-order valence-corrected chi connectivity index (χ4v) is 1.33. The number of nitrogens with zero attached hydrogens (tertiary/aromatic N) is 1. The summed E-state index contributed by atoms with van der Waals surface area (Å²) in [5.41, 5.74) is 4.92. The second-order valence-electron chi connectivity index (χ2n) is 3.76. The standard InChI is InChI=1S/C10H16N3O4/c1-7(9(11)15)10(16)12-8(14)6-13-2-4-17-5-3-13/h2-6H2,1H3,(H2,11,15)(H,12,14,16). The van der Waals surface area contributed by atoms with Crippen LogP contribution >= 0.6 is 0 Å². The van der Waals surface area contributed by atoms with Crippen molar-refractivity contribution in [2.45, 2.75) is 6.92 Å². The molecule has 1 aliphatic rings. The largest absolute Gasteiger partial charge is 0.379 e. The molecular weight excluding hydrogens is 226 g/mol. The summed E-state index contributed by atoms with van der Waals surface area (Å²) in [6.45, 7) is 3.85. The number of hydrogen-bond donors (Lipinski definition) is 2. The molecule has 0 aromatic rings. The van der Waals surface area contributed by atoms with Crippen LogP contribution in [0.25, 0.3) is 0 Å². The first-order valence-corrected chi connectivity index (χ1v) is 5.28. The molecule has 0 aromatic heterocycles. The van der Waals surface area contributed by atoms with Gasteiger partial charge in [0.2, 0.25) is 17.7 Å². The van der Waals surface area contributed by atoms with Crippen LogP contribution in [-0.4, -0.2) is 55.5 Å². The molecular formula is C10H16N3O4. The number of carbonyl (C=O) groups is 3. The van der Waals surface area contributed by atoms with E-state index in [1.165, 1.54) is 6.92 Å². The van der Waals surface area contributed by atoms with E-state index in [0.29, 0.717) is 26.3 Å². The third-order valence-electron chi connectivity index (χ3n) is 2.43. The van der Waals surface area contributed by atoms with Crippen LogP contribution in [0.4, 0.5) is 0 Å². The van der Waals surface area contributed by atoms with Crippen molar-refractivity contribution in [2.75, 3.05) is 32.8 Å². The first-order chi connectivity index (χ1) is 8.00. The van der Waals surface area contributed by atoms with Crippen molar-refractivity contribution < 1.29 is 19.1 Å². The summed E-state index contributed by atoms with van der Waals surface area (Å²) in [4.78, 5) is 35.4. The van der Waals surface area contributed by atoms with E-state index in [0.717, 1.165) is 0 Å². The Bertz CT molecular complexity index is 313. The van der Waals surface area contributed by atoms with Gasteiger partial charge in [-0.15, -0.1) is 0 Å². The Hall–Kier alpha value is -1.47. The molecule has 95 valence electrons. The molecule has 1 rings (SSSR count). The maximum atomic E-state index is 11.5. The summed E-state index contributed by atoms with van der Waals surface area (Å²) in [5, 5.41) is 2.11. The summed E-state index contributed by atoms with van der Waals surface area (Å²) in [6, 6.07) is 0. The minimum absolute atomic E-state index is 0.112. The predicted octanol–water partition coefficient (Wildman–Crippen LogP) is -1.96. The van der Waals surface area contributed by atoms with Gasteiger partial charge in [-0.3, -0.25) is 24.6 Å². The molecule has 1 radical (unpaired) electrons. The van der Waals surface area contributed by atoms with Gasteiger partial charge in [0.25, 0.3) is 0 Å². The molecule has 3 amide bonds. The molecule has 0 spiro atoms. The van der Waals surface area contributed by atoms with Gasteiger partial charge in [0.1, 0.15) is 5.92 Å².